The molecule has 8 nitrogen and oxygen atoms in total. The highest BCUT2D eigenvalue weighted by molar-refractivity contribution is 5.97. The minimum absolute atomic E-state index is 0.166. The van der Waals surface area contributed by atoms with Gasteiger partial charge in [-0.25, -0.2) is 9.59 Å². The van der Waals surface area contributed by atoms with Gasteiger partial charge in [-0.3, -0.25) is 9.98 Å². The van der Waals surface area contributed by atoms with E-state index >= 15 is 0 Å². The summed E-state index contributed by atoms with van der Waals surface area (Å²) in [6.07, 6.45) is 6.48. The number of hydrogen-bond donors (Lipinski definition) is 4. The van der Waals surface area contributed by atoms with Crippen molar-refractivity contribution in [1.29, 1.82) is 0 Å². The number of carbonyl (C=O) groups is 2. The van der Waals surface area contributed by atoms with Gasteiger partial charge in [-0.05, 0) is 59.1 Å². The molecule has 204 valence electrons. The molecule has 0 spiro atoms. The quantitative estimate of drug-likeness (QED) is 0.346. The number of aliphatic imine (C=N–C) groups is 2. The van der Waals surface area contributed by atoms with E-state index in [1.54, 1.807) is 12.1 Å². The summed E-state index contributed by atoms with van der Waals surface area (Å²) in [5.41, 5.74) is 1.25. The first-order valence-corrected chi connectivity index (χ1v) is 12.9. The minimum atomic E-state index is -1.21. The van der Waals surface area contributed by atoms with Gasteiger partial charge in [0.2, 0.25) is 0 Å². The van der Waals surface area contributed by atoms with Crippen LogP contribution in [0.1, 0.15) is 110 Å². The molecule has 4 N–H and O–H groups in total. The minimum Gasteiger partial charge on any atom is -0.506 e. The zero-order valence-electron chi connectivity index (χ0n) is 22.9. The fourth-order valence-electron chi connectivity index (χ4n) is 4.49. The maximum Gasteiger partial charge on any atom is 0.339 e. The van der Waals surface area contributed by atoms with Crippen molar-refractivity contribution in [1.82, 2.24) is 0 Å². The third-order valence-electron chi connectivity index (χ3n) is 6.98. The molecule has 1 fully saturated rings. The van der Waals surface area contributed by atoms with Crippen LogP contribution in [0, 0.1) is 0 Å². The molecule has 1 saturated carbocycles. The van der Waals surface area contributed by atoms with Crippen molar-refractivity contribution in [2.75, 3.05) is 0 Å². The van der Waals surface area contributed by atoms with Crippen LogP contribution in [0.25, 0.3) is 0 Å². The Bertz CT molecular complexity index is 1180. The molecule has 2 atom stereocenters. The maximum atomic E-state index is 11.7. The highest BCUT2D eigenvalue weighted by Gasteiger charge is 2.26. The second-order valence-electron chi connectivity index (χ2n) is 12.0. The summed E-state index contributed by atoms with van der Waals surface area (Å²) in [5, 5.41) is 40.4. The first-order chi connectivity index (χ1) is 17.6. The van der Waals surface area contributed by atoms with Gasteiger partial charge in [0.1, 0.15) is 22.6 Å². The van der Waals surface area contributed by atoms with E-state index in [1.165, 1.54) is 24.6 Å². The number of rotatable bonds is 6. The van der Waals surface area contributed by atoms with E-state index in [0.29, 0.717) is 11.1 Å². The smallest absolute Gasteiger partial charge is 0.339 e. The molecule has 3 rings (SSSR count). The van der Waals surface area contributed by atoms with Crippen molar-refractivity contribution in [3.05, 3.63) is 57.6 Å². The zero-order valence-corrected chi connectivity index (χ0v) is 22.9. The monoisotopic (exact) mass is 522 g/mol. The van der Waals surface area contributed by atoms with E-state index in [1.807, 2.05) is 41.5 Å². The van der Waals surface area contributed by atoms with E-state index in [4.69, 9.17) is 9.98 Å². The van der Waals surface area contributed by atoms with Crippen LogP contribution in [0.2, 0.25) is 0 Å². The van der Waals surface area contributed by atoms with Gasteiger partial charge < -0.3 is 20.4 Å². The molecular weight excluding hydrogens is 484 g/mol. The van der Waals surface area contributed by atoms with Crippen molar-refractivity contribution < 1.29 is 30.0 Å². The number of benzene rings is 2. The van der Waals surface area contributed by atoms with Crippen LogP contribution < -0.4 is 0 Å². The van der Waals surface area contributed by atoms with E-state index in [2.05, 4.69) is 0 Å². The van der Waals surface area contributed by atoms with Crippen LogP contribution in [0.15, 0.2) is 34.3 Å². The number of phenols is 2. The lowest BCUT2D eigenvalue weighted by Crippen LogP contribution is -2.27. The Hall–Kier alpha value is -3.68. The van der Waals surface area contributed by atoms with Gasteiger partial charge in [-0.2, -0.15) is 0 Å². The first-order valence-electron chi connectivity index (χ1n) is 12.9. The zero-order chi connectivity index (χ0) is 28.4. The second kappa shape index (κ2) is 11.0. The van der Waals surface area contributed by atoms with Gasteiger partial charge in [-0.1, -0.05) is 54.4 Å². The molecule has 0 amide bonds. The first kappa shape index (κ1) is 28.9. The molecule has 1 aliphatic carbocycles. The molecule has 0 aromatic heterocycles. The summed E-state index contributed by atoms with van der Waals surface area (Å²) in [7, 11) is 0. The van der Waals surface area contributed by atoms with Gasteiger partial charge in [0.25, 0.3) is 0 Å². The Labute approximate surface area is 223 Å². The topological polar surface area (TPSA) is 140 Å². The van der Waals surface area contributed by atoms with Crippen molar-refractivity contribution in [3.8, 4) is 11.5 Å². The molecule has 0 saturated heterocycles. The van der Waals surface area contributed by atoms with Gasteiger partial charge >= 0.3 is 11.9 Å². The summed E-state index contributed by atoms with van der Waals surface area (Å²) in [4.78, 5) is 32.9. The van der Waals surface area contributed by atoms with Gasteiger partial charge in [0.15, 0.2) is 0 Å². The number of nitrogens with zero attached hydrogens (tertiary/aromatic N) is 2. The Morgan fingerprint density at radius 1 is 0.711 bits per heavy atom. The summed E-state index contributed by atoms with van der Waals surface area (Å²) in [6.45, 7) is 11.8. The average molecular weight is 523 g/mol. The second-order valence-corrected chi connectivity index (χ2v) is 12.0. The molecule has 1 aliphatic rings. The molecule has 0 radical (unpaired) electrons. The standard InChI is InChI=1S/C30H38N2O6/c1-29(2,3)19-11-17(25(33)21(13-19)27(35)36)15-31-23-9-7-8-10-24(23)32-16-18-12-20(30(4,5)6)14-22(26(18)34)28(37)38/h11-16,23-24,33-34H,7-10H2,1-6H3,(H,35,36)(H,37,38)/t23-,24-/m1/s1. The molecule has 0 aliphatic heterocycles. The Morgan fingerprint density at radius 3 is 1.34 bits per heavy atom. The maximum absolute atomic E-state index is 11.7. The van der Waals surface area contributed by atoms with E-state index in [9.17, 15) is 30.0 Å². The van der Waals surface area contributed by atoms with Crippen molar-refractivity contribution in [3.63, 3.8) is 0 Å². The molecule has 0 bridgehead atoms. The molecule has 8 heteroatoms. The number of aromatic carboxylic acids is 2. The molecule has 0 heterocycles. The molecule has 2 aromatic rings. The fraction of sp³-hybridized carbons (Fsp3) is 0.467. The predicted molar refractivity (Wildman–Crippen MR) is 149 cm³/mol. The highest BCUT2D eigenvalue weighted by Crippen LogP contribution is 2.33. The van der Waals surface area contributed by atoms with Crippen LogP contribution in [0.3, 0.4) is 0 Å². The number of carboxylic acid groups (broad SMARTS) is 2. The molecule has 2 aromatic carbocycles. The summed E-state index contributed by atoms with van der Waals surface area (Å²) >= 11 is 0. The number of carboxylic acids is 2. The van der Waals surface area contributed by atoms with Crippen molar-refractivity contribution in [2.24, 2.45) is 9.98 Å². The SMILES string of the molecule is CC(C)(C)c1cc(C=N[C@@H]2CCCC[C@H]2N=Cc2cc(C(C)(C)C)cc(C(=O)O)c2O)c(O)c(C(=O)O)c1. The van der Waals surface area contributed by atoms with Gasteiger partial charge in [0, 0.05) is 23.6 Å². The van der Waals surface area contributed by atoms with Crippen LogP contribution >= 0.6 is 0 Å². The normalized spacial score (nSPS) is 18.8. The Balaban J connectivity index is 1.97. The van der Waals surface area contributed by atoms with Crippen LogP contribution in [0.4, 0.5) is 0 Å². The Kier molecular flexibility index (Phi) is 8.34. The summed E-state index contributed by atoms with van der Waals surface area (Å²) in [6, 6.07) is 6.08. The van der Waals surface area contributed by atoms with Gasteiger partial charge in [-0.15, -0.1) is 0 Å². The third kappa shape index (κ3) is 6.60. The number of hydrogen-bond acceptors (Lipinski definition) is 6. The van der Waals surface area contributed by atoms with Crippen molar-refractivity contribution >= 4 is 24.4 Å². The number of aromatic hydroxyl groups is 2. The Morgan fingerprint density at radius 2 is 1.05 bits per heavy atom. The van der Waals surface area contributed by atoms with Crippen molar-refractivity contribution in [2.45, 2.75) is 90.1 Å². The third-order valence-corrected chi connectivity index (χ3v) is 6.98. The van der Waals surface area contributed by atoms with E-state index in [-0.39, 0.29) is 45.5 Å². The lowest BCUT2D eigenvalue weighted by molar-refractivity contribution is 0.0682. The molecule has 0 unspecified atom stereocenters. The van der Waals surface area contributed by atoms with Crippen LogP contribution in [-0.4, -0.2) is 56.9 Å². The summed E-state index contributed by atoms with van der Waals surface area (Å²) in [5.74, 6) is -3.06. The van der Waals surface area contributed by atoms with E-state index < -0.39 is 11.9 Å². The molecular formula is C30H38N2O6. The highest BCUT2D eigenvalue weighted by atomic mass is 16.4. The van der Waals surface area contributed by atoms with Crippen LogP contribution in [0.5, 0.6) is 11.5 Å². The largest absolute Gasteiger partial charge is 0.506 e. The summed E-state index contributed by atoms with van der Waals surface area (Å²) < 4.78 is 0. The molecule has 38 heavy (non-hydrogen) atoms. The fourth-order valence-corrected chi connectivity index (χ4v) is 4.49. The van der Waals surface area contributed by atoms with E-state index in [0.717, 1.165) is 36.8 Å². The van der Waals surface area contributed by atoms with Crippen LogP contribution in [-0.2, 0) is 10.8 Å². The van der Waals surface area contributed by atoms with Gasteiger partial charge in [0.05, 0.1) is 12.1 Å². The average Bonchev–Trinajstić information content (AvgIpc) is 2.81. The predicted octanol–water partition coefficient (Wildman–Crippen LogP) is 5.94. The lowest BCUT2D eigenvalue weighted by Gasteiger charge is -2.26. The lowest BCUT2D eigenvalue weighted by atomic mass is 9.84.